The van der Waals surface area contributed by atoms with Gasteiger partial charge in [-0.3, -0.25) is 4.79 Å². The standard InChI is InChI=1S/C16H12ClN5O2S/c1-9-5-11(21-24-9)8-25-16-19-14-13(15(23)20-16)7-18-22(14)12-4-2-3-10(17)6-12/h2-7H,8H2,1H3,(H,19,20,23). The van der Waals surface area contributed by atoms with E-state index in [9.17, 15) is 4.79 Å². The van der Waals surface area contributed by atoms with Gasteiger partial charge in [-0.15, -0.1) is 0 Å². The minimum Gasteiger partial charge on any atom is -0.361 e. The molecule has 126 valence electrons. The highest BCUT2D eigenvalue weighted by Crippen LogP contribution is 2.22. The number of aryl methyl sites for hydroxylation is 1. The molecule has 25 heavy (non-hydrogen) atoms. The average molecular weight is 374 g/mol. The zero-order valence-corrected chi connectivity index (χ0v) is 14.6. The summed E-state index contributed by atoms with van der Waals surface area (Å²) in [7, 11) is 0. The second kappa shape index (κ2) is 6.38. The van der Waals surface area contributed by atoms with Gasteiger partial charge in [0.15, 0.2) is 10.8 Å². The third-order valence-corrected chi connectivity index (χ3v) is 4.64. The highest BCUT2D eigenvalue weighted by atomic mass is 35.5. The molecule has 0 aliphatic carbocycles. The van der Waals surface area contributed by atoms with Crippen molar-refractivity contribution in [3.63, 3.8) is 0 Å². The molecule has 0 unspecified atom stereocenters. The largest absolute Gasteiger partial charge is 0.361 e. The van der Waals surface area contributed by atoms with Crippen molar-refractivity contribution in [1.82, 2.24) is 24.9 Å². The first-order valence-corrected chi connectivity index (χ1v) is 8.75. The molecule has 3 heterocycles. The van der Waals surface area contributed by atoms with E-state index in [0.717, 1.165) is 17.1 Å². The van der Waals surface area contributed by atoms with Crippen molar-refractivity contribution in [2.45, 2.75) is 17.8 Å². The first-order valence-electron chi connectivity index (χ1n) is 7.39. The van der Waals surface area contributed by atoms with Crippen LogP contribution in [0.5, 0.6) is 0 Å². The molecule has 0 fully saturated rings. The van der Waals surface area contributed by atoms with Gasteiger partial charge < -0.3 is 9.51 Å². The molecular formula is C16H12ClN5O2S. The molecule has 0 bridgehead atoms. The van der Waals surface area contributed by atoms with Gasteiger partial charge in [0.2, 0.25) is 0 Å². The zero-order chi connectivity index (χ0) is 17.4. The first kappa shape index (κ1) is 15.9. The maximum Gasteiger partial charge on any atom is 0.262 e. The van der Waals surface area contributed by atoms with Gasteiger partial charge in [-0.2, -0.15) is 5.10 Å². The number of fused-ring (bicyclic) bond motifs is 1. The Morgan fingerprint density at radius 3 is 3.00 bits per heavy atom. The third kappa shape index (κ3) is 3.18. The maximum atomic E-state index is 12.3. The number of aromatic amines is 1. The summed E-state index contributed by atoms with van der Waals surface area (Å²) in [5.74, 6) is 1.28. The predicted molar refractivity (Wildman–Crippen MR) is 95.3 cm³/mol. The molecule has 9 heteroatoms. The van der Waals surface area contributed by atoms with Gasteiger partial charge in [0, 0.05) is 16.8 Å². The Morgan fingerprint density at radius 2 is 2.24 bits per heavy atom. The van der Waals surface area contributed by atoms with Crippen molar-refractivity contribution >= 4 is 34.4 Å². The van der Waals surface area contributed by atoms with Crippen LogP contribution >= 0.6 is 23.4 Å². The van der Waals surface area contributed by atoms with Crippen molar-refractivity contribution in [3.05, 3.63) is 63.4 Å². The highest BCUT2D eigenvalue weighted by molar-refractivity contribution is 7.98. The molecule has 0 amide bonds. The van der Waals surface area contributed by atoms with Gasteiger partial charge >= 0.3 is 0 Å². The van der Waals surface area contributed by atoms with E-state index in [-0.39, 0.29) is 5.56 Å². The number of benzene rings is 1. The van der Waals surface area contributed by atoms with Crippen LogP contribution in [0.3, 0.4) is 0 Å². The predicted octanol–water partition coefficient (Wildman–Crippen LogP) is 3.35. The number of hydrogen-bond donors (Lipinski definition) is 1. The van der Waals surface area contributed by atoms with Crippen LogP contribution in [0.15, 0.2) is 51.0 Å². The molecule has 0 spiro atoms. The van der Waals surface area contributed by atoms with E-state index in [0.29, 0.717) is 27.0 Å². The van der Waals surface area contributed by atoms with Gasteiger partial charge in [0.1, 0.15) is 11.1 Å². The van der Waals surface area contributed by atoms with Gasteiger partial charge in [-0.25, -0.2) is 9.67 Å². The van der Waals surface area contributed by atoms with Gasteiger partial charge in [0.25, 0.3) is 5.56 Å². The zero-order valence-electron chi connectivity index (χ0n) is 13.1. The molecule has 3 aromatic heterocycles. The van der Waals surface area contributed by atoms with E-state index < -0.39 is 0 Å². The Morgan fingerprint density at radius 1 is 1.36 bits per heavy atom. The molecule has 0 aliphatic heterocycles. The smallest absolute Gasteiger partial charge is 0.262 e. The SMILES string of the molecule is Cc1cc(CSc2nc3c(cnn3-c3cccc(Cl)c3)c(=O)[nH]2)no1. The summed E-state index contributed by atoms with van der Waals surface area (Å²) in [4.78, 5) is 19.6. The lowest BCUT2D eigenvalue weighted by molar-refractivity contribution is 0.393. The number of thioether (sulfide) groups is 1. The molecule has 0 radical (unpaired) electrons. The fourth-order valence-corrected chi connectivity index (χ4v) is 3.31. The fraction of sp³-hybridized carbons (Fsp3) is 0.125. The Hall–Kier alpha value is -2.58. The van der Waals surface area contributed by atoms with Crippen molar-refractivity contribution in [3.8, 4) is 5.69 Å². The minimum absolute atomic E-state index is 0.239. The van der Waals surface area contributed by atoms with E-state index in [2.05, 4.69) is 20.2 Å². The van der Waals surface area contributed by atoms with Gasteiger partial charge in [-0.1, -0.05) is 34.6 Å². The number of rotatable bonds is 4. The minimum atomic E-state index is -0.239. The van der Waals surface area contributed by atoms with E-state index in [1.54, 1.807) is 16.8 Å². The second-order valence-electron chi connectivity index (χ2n) is 5.36. The van der Waals surface area contributed by atoms with Gasteiger partial charge in [0.05, 0.1) is 17.6 Å². The van der Waals surface area contributed by atoms with Crippen LogP contribution in [0.25, 0.3) is 16.7 Å². The maximum absolute atomic E-state index is 12.3. The summed E-state index contributed by atoms with van der Waals surface area (Å²) in [5.41, 5.74) is 1.76. The van der Waals surface area contributed by atoms with Crippen LogP contribution in [0.2, 0.25) is 5.02 Å². The van der Waals surface area contributed by atoms with Crippen LogP contribution in [0, 0.1) is 6.92 Å². The lowest BCUT2D eigenvalue weighted by Crippen LogP contribution is -2.09. The Balaban J connectivity index is 1.72. The molecule has 0 saturated heterocycles. The topological polar surface area (TPSA) is 89.6 Å². The van der Waals surface area contributed by atoms with Crippen molar-refractivity contribution < 1.29 is 4.52 Å². The quantitative estimate of drug-likeness (QED) is 0.436. The molecule has 0 atom stereocenters. The number of nitrogens with zero attached hydrogens (tertiary/aromatic N) is 4. The molecular weight excluding hydrogens is 362 g/mol. The number of hydrogen-bond acceptors (Lipinski definition) is 6. The molecule has 4 aromatic rings. The van der Waals surface area contributed by atoms with Crippen LogP contribution in [-0.2, 0) is 5.75 Å². The normalized spacial score (nSPS) is 11.3. The number of H-pyrrole nitrogens is 1. The number of aromatic nitrogens is 5. The van der Waals surface area contributed by atoms with Crippen molar-refractivity contribution in [2.24, 2.45) is 0 Å². The summed E-state index contributed by atoms with van der Waals surface area (Å²) in [6, 6.07) is 9.06. The van der Waals surface area contributed by atoms with Crippen molar-refractivity contribution in [2.75, 3.05) is 0 Å². The Kier molecular flexibility index (Phi) is 4.06. The fourth-order valence-electron chi connectivity index (χ4n) is 2.39. The molecule has 7 nitrogen and oxygen atoms in total. The average Bonchev–Trinajstić information content (AvgIpc) is 3.19. The number of nitrogens with one attached hydrogen (secondary N) is 1. The van der Waals surface area contributed by atoms with Crippen LogP contribution in [-0.4, -0.2) is 24.9 Å². The summed E-state index contributed by atoms with van der Waals surface area (Å²) < 4.78 is 6.64. The van der Waals surface area contributed by atoms with Crippen LogP contribution in [0.1, 0.15) is 11.5 Å². The highest BCUT2D eigenvalue weighted by Gasteiger charge is 2.12. The van der Waals surface area contributed by atoms with E-state index >= 15 is 0 Å². The first-order chi connectivity index (χ1) is 12.1. The molecule has 1 N–H and O–H groups in total. The Labute approximate surface area is 151 Å². The lowest BCUT2D eigenvalue weighted by atomic mass is 10.3. The molecule has 4 rings (SSSR count). The summed E-state index contributed by atoms with van der Waals surface area (Å²) in [6.45, 7) is 1.83. The second-order valence-corrected chi connectivity index (χ2v) is 6.76. The molecule has 0 aliphatic rings. The van der Waals surface area contributed by atoms with E-state index in [4.69, 9.17) is 16.1 Å². The van der Waals surface area contributed by atoms with E-state index in [1.165, 1.54) is 18.0 Å². The summed E-state index contributed by atoms with van der Waals surface area (Å²) in [6.07, 6.45) is 1.50. The molecule has 0 saturated carbocycles. The van der Waals surface area contributed by atoms with Gasteiger partial charge in [-0.05, 0) is 25.1 Å². The Bertz CT molecular complexity index is 1120. The lowest BCUT2D eigenvalue weighted by Gasteiger charge is -2.04. The van der Waals surface area contributed by atoms with Crippen LogP contribution in [0.4, 0.5) is 0 Å². The van der Waals surface area contributed by atoms with E-state index in [1.807, 2.05) is 25.1 Å². The summed E-state index contributed by atoms with van der Waals surface area (Å²) in [5, 5.41) is 9.69. The monoisotopic (exact) mass is 373 g/mol. The summed E-state index contributed by atoms with van der Waals surface area (Å²) >= 11 is 7.42. The van der Waals surface area contributed by atoms with Crippen LogP contribution < -0.4 is 5.56 Å². The van der Waals surface area contributed by atoms with Crippen molar-refractivity contribution in [1.29, 1.82) is 0 Å². The number of halogens is 1. The third-order valence-electron chi connectivity index (χ3n) is 3.50. The molecule has 1 aromatic carbocycles.